The van der Waals surface area contributed by atoms with Gasteiger partial charge in [0.2, 0.25) is 11.8 Å². The smallest absolute Gasteiger partial charge is 0.244 e. The van der Waals surface area contributed by atoms with E-state index in [2.05, 4.69) is 20.6 Å². The molecule has 36 heavy (non-hydrogen) atoms. The van der Waals surface area contributed by atoms with Gasteiger partial charge in [-0.05, 0) is 57.7 Å². The Bertz CT molecular complexity index is 1280. The van der Waals surface area contributed by atoms with Gasteiger partial charge >= 0.3 is 0 Å². The Labute approximate surface area is 214 Å². The molecule has 2 amide bonds. The molecule has 0 spiro atoms. The number of pyridine rings is 1. The number of aliphatic hydroxyl groups excluding tert-OH is 1. The number of carbonyl (C=O) groups excluding carboxylic acids is 2. The second-order valence-electron chi connectivity index (χ2n) is 10.5. The van der Waals surface area contributed by atoms with Gasteiger partial charge in [-0.1, -0.05) is 11.6 Å². The van der Waals surface area contributed by atoms with Gasteiger partial charge in [0.15, 0.2) is 0 Å². The number of halogens is 1. The number of carbonyl (C=O) groups is 2. The van der Waals surface area contributed by atoms with Crippen LogP contribution < -0.4 is 10.6 Å². The highest BCUT2D eigenvalue weighted by Crippen LogP contribution is 2.33. The van der Waals surface area contributed by atoms with Gasteiger partial charge in [0, 0.05) is 34.6 Å². The minimum atomic E-state index is -0.642. The zero-order valence-electron chi connectivity index (χ0n) is 20.5. The molecule has 1 aromatic carbocycles. The number of aromatic nitrogens is 2. The minimum Gasteiger partial charge on any atom is -0.393 e. The van der Waals surface area contributed by atoms with Crippen molar-refractivity contribution < 1.29 is 19.4 Å². The lowest BCUT2D eigenvalue weighted by atomic mass is 9.93. The van der Waals surface area contributed by atoms with Crippen LogP contribution in [0.15, 0.2) is 30.6 Å². The number of H-pyrrole nitrogens is 1. The Morgan fingerprint density at radius 3 is 2.81 bits per heavy atom. The fourth-order valence-corrected chi connectivity index (χ4v) is 5.49. The van der Waals surface area contributed by atoms with Crippen LogP contribution in [0.5, 0.6) is 0 Å². The number of benzene rings is 1. The van der Waals surface area contributed by atoms with Crippen LogP contribution in [0.3, 0.4) is 0 Å². The number of ether oxygens (including phenoxy) is 1. The van der Waals surface area contributed by atoms with Crippen molar-refractivity contribution in [1.29, 1.82) is 0 Å². The van der Waals surface area contributed by atoms with Crippen LogP contribution in [0.1, 0.15) is 39.5 Å². The second kappa shape index (κ2) is 9.97. The first-order valence-electron chi connectivity index (χ1n) is 12.4. The molecule has 0 unspecified atom stereocenters. The number of nitrogens with one attached hydrogen (secondary N) is 3. The summed E-state index contributed by atoms with van der Waals surface area (Å²) in [5.41, 5.74) is 1.69. The summed E-state index contributed by atoms with van der Waals surface area (Å²) in [6.07, 6.45) is 6.08. The molecule has 1 saturated heterocycles. The summed E-state index contributed by atoms with van der Waals surface area (Å²) >= 11 is 6.40. The normalized spacial score (nSPS) is 24.6. The van der Waals surface area contributed by atoms with Crippen LogP contribution in [0, 0.1) is 0 Å². The van der Waals surface area contributed by atoms with E-state index < -0.39 is 11.6 Å². The molecule has 1 saturated carbocycles. The lowest BCUT2D eigenvalue weighted by Gasteiger charge is -2.42. The monoisotopic (exact) mass is 513 g/mol. The average Bonchev–Trinajstić information content (AvgIpc) is 3.19. The summed E-state index contributed by atoms with van der Waals surface area (Å²) in [6.45, 7) is 4.60. The van der Waals surface area contributed by atoms with Gasteiger partial charge < -0.3 is 25.5 Å². The van der Waals surface area contributed by atoms with E-state index in [1.807, 2.05) is 30.9 Å². The number of morpholine rings is 1. The van der Waals surface area contributed by atoms with Gasteiger partial charge in [0.25, 0.3) is 0 Å². The summed E-state index contributed by atoms with van der Waals surface area (Å²) in [7, 11) is 0. The minimum absolute atomic E-state index is 0.0541. The predicted octanol–water partition coefficient (Wildman–Crippen LogP) is 3.21. The largest absolute Gasteiger partial charge is 0.393 e. The van der Waals surface area contributed by atoms with Crippen LogP contribution in [0.2, 0.25) is 5.02 Å². The third kappa shape index (κ3) is 5.34. The van der Waals surface area contributed by atoms with Crippen LogP contribution >= 0.6 is 11.6 Å². The first-order valence-corrected chi connectivity index (χ1v) is 12.8. The fourth-order valence-electron chi connectivity index (χ4n) is 5.27. The van der Waals surface area contributed by atoms with Crippen molar-refractivity contribution >= 4 is 50.9 Å². The number of nitrogens with zero attached hydrogens (tertiary/aromatic N) is 2. The lowest BCUT2D eigenvalue weighted by molar-refractivity contribution is -0.147. The van der Waals surface area contributed by atoms with Crippen molar-refractivity contribution in [2.24, 2.45) is 0 Å². The highest BCUT2D eigenvalue weighted by Gasteiger charge is 2.39. The molecule has 2 aliphatic rings. The van der Waals surface area contributed by atoms with E-state index in [-0.39, 0.29) is 37.1 Å². The standard InChI is InChI=1S/C26H32ClN5O4/c1-26(2)14-32(12-23(34)29-16-3-5-17(33)6-4-16)22(13-36-26)25(35)31-20-10-15(27)9-19-18-7-8-28-11-21(18)30-24(19)20/h7-11,16-17,22,30,33H,3-6,12-14H2,1-2H3,(H,29,34)(H,31,35)/t16?,17?,22-/m0/s1. The highest BCUT2D eigenvalue weighted by molar-refractivity contribution is 6.33. The molecule has 4 N–H and O–H groups in total. The van der Waals surface area contributed by atoms with E-state index in [0.29, 0.717) is 30.1 Å². The van der Waals surface area contributed by atoms with Gasteiger partial charge in [0.05, 0.1) is 47.8 Å². The molecular formula is C26H32ClN5O4. The summed E-state index contributed by atoms with van der Waals surface area (Å²) in [4.78, 5) is 35.8. The van der Waals surface area contributed by atoms with Gasteiger partial charge in [-0.3, -0.25) is 19.5 Å². The van der Waals surface area contributed by atoms with Gasteiger partial charge in [0.1, 0.15) is 6.04 Å². The number of anilines is 1. The quantitative estimate of drug-likeness (QED) is 0.416. The zero-order valence-corrected chi connectivity index (χ0v) is 21.3. The number of aromatic amines is 1. The summed E-state index contributed by atoms with van der Waals surface area (Å²) in [5, 5.41) is 18.2. The van der Waals surface area contributed by atoms with Crippen LogP contribution in [-0.4, -0.2) is 75.3 Å². The number of amides is 2. The van der Waals surface area contributed by atoms with Crippen molar-refractivity contribution in [3.63, 3.8) is 0 Å². The van der Waals surface area contributed by atoms with Crippen LogP contribution in [0.4, 0.5) is 5.69 Å². The van der Waals surface area contributed by atoms with Gasteiger partial charge in [-0.2, -0.15) is 0 Å². The number of hydrogen-bond donors (Lipinski definition) is 4. The summed E-state index contributed by atoms with van der Waals surface area (Å²) in [6, 6.07) is 4.89. The van der Waals surface area contributed by atoms with E-state index in [4.69, 9.17) is 16.3 Å². The molecule has 2 aromatic heterocycles. The second-order valence-corrected chi connectivity index (χ2v) is 10.9. The van der Waals surface area contributed by atoms with Crippen LogP contribution in [-0.2, 0) is 14.3 Å². The number of rotatable bonds is 5. The topological polar surface area (TPSA) is 120 Å². The molecule has 5 rings (SSSR count). The Morgan fingerprint density at radius 2 is 2.03 bits per heavy atom. The lowest BCUT2D eigenvalue weighted by Crippen LogP contribution is -2.60. The Morgan fingerprint density at radius 1 is 1.25 bits per heavy atom. The van der Waals surface area contributed by atoms with Gasteiger partial charge in [-0.15, -0.1) is 0 Å². The van der Waals surface area contributed by atoms with E-state index in [1.54, 1.807) is 18.5 Å². The molecule has 1 aliphatic heterocycles. The Kier molecular flexibility index (Phi) is 6.91. The van der Waals surface area contributed by atoms with Crippen LogP contribution in [0.25, 0.3) is 21.8 Å². The van der Waals surface area contributed by atoms with Gasteiger partial charge in [-0.25, -0.2) is 0 Å². The summed E-state index contributed by atoms with van der Waals surface area (Å²) in [5.74, 6) is -0.389. The molecule has 3 heterocycles. The highest BCUT2D eigenvalue weighted by atomic mass is 35.5. The maximum Gasteiger partial charge on any atom is 0.244 e. The Balaban J connectivity index is 1.34. The van der Waals surface area contributed by atoms with Crippen molar-refractivity contribution in [2.45, 2.75) is 63.3 Å². The third-order valence-corrected chi connectivity index (χ3v) is 7.32. The fraction of sp³-hybridized carbons (Fsp3) is 0.500. The molecule has 0 radical (unpaired) electrons. The third-order valence-electron chi connectivity index (χ3n) is 7.10. The number of fused-ring (bicyclic) bond motifs is 3. The van der Waals surface area contributed by atoms with E-state index in [9.17, 15) is 14.7 Å². The first kappa shape index (κ1) is 25.0. The van der Waals surface area contributed by atoms with Crippen molar-refractivity contribution in [1.82, 2.24) is 20.2 Å². The first-order chi connectivity index (χ1) is 17.2. The number of aliphatic hydroxyl groups is 1. The maximum atomic E-state index is 13.5. The maximum absolute atomic E-state index is 13.5. The molecule has 0 bridgehead atoms. The van der Waals surface area contributed by atoms with Crippen molar-refractivity contribution in [3.05, 3.63) is 35.6 Å². The SMILES string of the molecule is CC1(C)CN(CC(=O)NC2CCC(O)CC2)[C@H](C(=O)Nc2cc(Cl)cc3c2[nH]c2cnccc23)CO1. The molecule has 9 nitrogen and oxygen atoms in total. The molecule has 1 aliphatic carbocycles. The molecule has 192 valence electrons. The molecule has 10 heteroatoms. The summed E-state index contributed by atoms with van der Waals surface area (Å²) < 4.78 is 5.97. The molecule has 1 atom stereocenters. The average molecular weight is 514 g/mol. The molecule has 3 aromatic rings. The van der Waals surface area contributed by atoms with E-state index >= 15 is 0 Å². The zero-order chi connectivity index (χ0) is 25.4. The number of hydrogen-bond acceptors (Lipinski definition) is 6. The molecular weight excluding hydrogens is 482 g/mol. The molecule has 2 fully saturated rings. The van der Waals surface area contributed by atoms with E-state index in [0.717, 1.165) is 34.6 Å². The Hall–Kier alpha value is -2.72. The van der Waals surface area contributed by atoms with Crippen molar-refractivity contribution in [2.75, 3.05) is 25.0 Å². The van der Waals surface area contributed by atoms with Crippen molar-refractivity contribution in [3.8, 4) is 0 Å². The van der Waals surface area contributed by atoms with E-state index in [1.165, 1.54) is 0 Å². The predicted molar refractivity (Wildman–Crippen MR) is 139 cm³/mol.